The van der Waals surface area contributed by atoms with Crippen molar-refractivity contribution in [2.24, 2.45) is 0 Å². The third kappa shape index (κ3) is 4.54. The third-order valence-electron chi connectivity index (χ3n) is 6.30. The van der Waals surface area contributed by atoms with Crippen LogP contribution in [0.5, 0.6) is 0 Å². The molecule has 1 atom stereocenters. The van der Waals surface area contributed by atoms with Crippen molar-refractivity contribution >= 4 is 33.3 Å². The minimum absolute atomic E-state index is 0.153. The Balaban J connectivity index is 1.31. The van der Waals surface area contributed by atoms with Crippen LogP contribution in [0.1, 0.15) is 30.2 Å². The van der Waals surface area contributed by atoms with E-state index in [1.165, 1.54) is 36.4 Å². The first-order valence-corrected chi connectivity index (χ1v) is 11.6. The summed E-state index contributed by atoms with van der Waals surface area (Å²) in [6, 6.07) is -0.302. The molecular weight excluding hydrogens is 384 g/mol. The zero-order chi connectivity index (χ0) is 20.4. The number of rotatable bonds is 6. The van der Waals surface area contributed by atoms with Crippen molar-refractivity contribution in [3.63, 3.8) is 0 Å². The van der Waals surface area contributed by atoms with Crippen molar-refractivity contribution in [2.45, 2.75) is 39.7 Å². The molecule has 2 aliphatic heterocycles. The molecule has 2 saturated heterocycles. The number of aryl methyl sites for hydroxylation is 2. The summed E-state index contributed by atoms with van der Waals surface area (Å²) in [5.41, 5.74) is 1.19. The van der Waals surface area contributed by atoms with Gasteiger partial charge >= 0.3 is 0 Å². The van der Waals surface area contributed by atoms with Crippen LogP contribution in [0, 0.1) is 13.8 Å². The molecule has 29 heavy (non-hydrogen) atoms. The number of likely N-dealkylation sites (tertiary alicyclic amines) is 1. The number of amides is 1. The topological polar surface area (TPSA) is 64.6 Å². The molecule has 0 aromatic carbocycles. The van der Waals surface area contributed by atoms with Crippen LogP contribution in [0.3, 0.4) is 0 Å². The number of anilines is 1. The lowest BCUT2D eigenvalue weighted by molar-refractivity contribution is -0.133. The summed E-state index contributed by atoms with van der Waals surface area (Å²) >= 11 is 1.67. The van der Waals surface area contributed by atoms with Gasteiger partial charge in [-0.2, -0.15) is 0 Å². The second-order valence-electron chi connectivity index (χ2n) is 8.27. The van der Waals surface area contributed by atoms with Crippen LogP contribution in [-0.2, 0) is 4.79 Å². The van der Waals surface area contributed by atoms with Crippen LogP contribution in [0.2, 0.25) is 0 Å². The fourth-order valence-electron chi connectivity index (χ4n) is 4.31. The molecule has 2 aromatic heterocycles. The molecule has 0 unspecified atom stereocenters. The van der Waals surface area contributed by atoms with Gasteiger partial charge in [0.15, 0.2) is 0 Å². The number of nitrogens with one attached hydrogen (secondary N) is 1. The van der Waals surface area contributed by atoms with E-state index in [2.05, 4.69) is 38.9 Å². The lowest BCUT2D eigenvalue weighted by atomic mass is 10.2. The van der Waals surface area contributed by atoms with Gasteiger partial charge in [0.25, 0.3) is 0 Å². The van der Waals surface area contributed by atoms with E-state index < -0.39 is 0 Å². The van der Waals surface area contributed by atoms with Crippen molar-refractivity contribution in [1.29, 1.82) is 0 Å². The van der Waals surface area contributed by atoms with Gasteiger partial charge in [0.2, 0.25) is 5.91 Å². The maximum absolute atomic E-state index is 13.0. The largest absolute Gasteiger partial charge is 0.358 e. The van der Waals surface area contributed by atoms with Crippen LogP contribution in [-0.4, -0.2) is 89.0 Å². The highest BCUT2D eigenvalue weighted by Gasteiger charge is 2.26. The Bertz CT molecular complexity index is 854. The summed E-state index contributed by atoms with van der Waals surface area (Å²) in [5, 5.41) is 4.40. The van der Waals surface area contributed by atoms with E-state index in [9.17, 15) is 4.79 Å². The van der Waals surface area contributed by atoms with Gasteiger partial charge in [-0.1, -0.05) is 0 Å². The minimum Gasteiger partial charge on any atom is -0.358 e. The SMILES string of the molecule is Cc1sc2ncnc(N[C@@H](C)C(=O)N3CCN(CCN4CCCC4)CC3)c2c1C. The Labute approximate surface area is 177 Å². The summed E-state index contributed by atoms with van der Waals surface area (Å²) in [7, 11) is 0. The normalized spacial score (nSPS) is 19.8. The number of thiophene rings is 1. The molecule has 1 amide bonds. The highest BCUT2D eigenvalue weighted by atomic mass is 32.1. The van der Waals surface area contributed by atoms with Gasteiger partial charge in [-0.15, -0.1) is 11.3 Å². The molecule has 0 saturated carbocycles. The molecule has 8 heteroatoms. The molecule has 0 radical (unpaired) electrons. The second kappa shape index (κ2) is 8.93. The molecule has 0 aliphatic carbocycles. The van der Waals surface area contributed by atoms with Crippen molar-refractivity contribution < 1.29 is 4.79 Å². The summed E-state index contributed by atoms with van der Waals surface area (Å²) in [6.45, 7) is 14.5. The van der Waals surface area contributed by atoms with E-state index in [4.69, 9.17) is 0 Å². The zero-order valence-electron chi connectivity index (χ0n) is 17.8. The van der Waals surface area contributed by atoms with Crippen LogP contribution >= 0.6 is 11.3 Å². The maximum Gasteiger partial charge on any atom is 0.244 e. The smallest absolute Gasteiger partial charge is 0.244 e. The van der Waals surface area contributed by atoms with E-state index in [-0.39, 0.29) is 11.9 Å². The summed E-state index contributed by atoms with van der Waals surface area (Å²) in [5.74, 6) is 0.919. The molecule has 2 aromatic rings. The predicted octanol–water partition coefficient (Wildman–Crippen LogP) is 2.35. The molecule has 0 bridgehead atoms. The highest BCUT2D eigenvalue weighted by Crippen LogP contribution is 2.32. The number of carbonyl (C=O) groups excluding carboxylic acids is 1. The monoisotopic (exact) mass is 416 g/mol. The lowest BCUT2D eigenvalue weighted by Crippen LogP contribution is -2.53. The molecule has 7 nitrogen and oxygen atoms in total. The molecule has 4 rings (SSSR count). The molecule has 4 heterocycles. The Kier molecular flexibility index (Phi) is 6.32. The minimum atomic E-state index is -0.302. The average Bonchev–Trinajstić information content (AvgIpc) is 3.35. The standard InChI is InChI=1S/C21H32N6OS/c1-15-17(3)29-20-18(15)19(22-14-23-20)24-16(2)21(28)27-12-10-26(11-13-27)9-8-25-6-4-5-7-25/h14,16H,4-13H2,1-3H3,(H,22,23,24)/t16-/m0/s1. The number of nitrogens with zero attached hydrogens (tertiary/aromatic N) is 5. The molecular formula is C21H32N6OS. The molecule has 0 spiro atoms. The van der Waals surface area contributed by atoms with Gasteiger partial charge in [0.05, 0.1) is 5.39 Å². The summed E-state index contributed by atoms with van der Waals surface area (Å²) < 4.78 is 0. The number of hydrogen-bond donors (Lipinski definition) is 1. The van der Waals surface area contributed by atoms with Gasteiger partial charge < -0.3 is 15.1 Å². The number of aromatic nitrogens is 2. The van der Waals surface area contributed by atoms with Gasteiger partial charge in [-0.25, -0.2) is 9.97 Å². The number of fused-ring (bicyclic) bond motifs is 1. The summed E-state index contributed by atoms with van der Waals surface area (Å²) in [4.78, 5) is 31.1. The first-order chi connectivity index (χ1) is 14.0. The fourth-order valence-corrected chi connectivity index (χ4v) is 5.31. The zero-order valence-corrected chi connectivity index (χ0v) is 18.6. The molecule has 1 N–H and O–H groups in total. The van der Waals surface area contributed by atoms with E-state index >= 15 is 0 Å². The predicted molar refractivity (Wildman–Crippen MR) is 119 cm³/mol. The number of carbonyl (C=O) groups is 1. The Morgan fingerprint density at radius 2 is 1.72 bits per heavy atom. The lowest BCUT2D eigenvalue weighted by Gasteiger charge is -2.36. The van der Waals surface area contributed by atoms with Crippen molar-refractivity contribution in [3.05, 3.63) is 16.8 Å². The van der Waals surface area contributed by atoms with E-state index in [1.54, 1.807) is 17.7 Å². The van der Waals surface area contributed by atoms with Crippen molar-refractivity contribution in [3.8, 4) is 0 Å². The first kappa shape index (κ1) is 20.5. The van der Waals surface area contributed by atoms with Gasteiger partial charge in [-0.3, -0.25) is 9.69 Å². The average molecular weight is 417 g/mol. The van der Waals surface area contributed by atoms with Crippen LogP contribution in [0.15, 0.2) is 6.33 Å². The van der Waals surface area contributed by atoms with Gasteiger partial charge in [-0.05, 0) is 52.3 Å². The van der Waals surface area contributed by atoms with Crippen LogP contribution in [0.4, 0.5) is 5.82 Å². The third-order valence-corrected chi connectivity index (χ3v) is 7.42. The number of hydrogen-bond acceptors (Lipinski definition) is 7. The maximum atomic E-state index is 13.0. The Morgan fingerprint density at radius 3 is 2.41 bits per heavy atom. The van der Waals surface area contributed by atoms with Crippen LogP contribution < -0.4 is 5.32 Å². The van der Waals surface area contributed by atoms with Crippen molar-refractivity contribution in [2.75, 3.05) is 57.7 Å². The fraction of sp³-hybridized carbons (Fsp3) is 0.667. The molecule has 2 fully saturated rings. The molecule has 158 valence electrons. The van der Waals surface area contributed by atoms with E-state index in [0.29, 0.717) is 0 Å². The quantitative estimate of drug-likeness (QED) is 0.780. The van der Waals surface area contributed by atoms with E-state index in [0.717, 1.165) is 55.3 Å². The highest BCUT2D eigenvalue weighted by molar-refractivity contribution is 7.18. The van der Waals surface area contributed by atoms with Crippen molar-refractivity contribution in [1.82, 2.24) is 24.7 Å². The Morgan fingerprint density at radius 1 is 1.07 bits per heavy atom. The Hall–Kier alpha value is -1.77. The van der Waals surface area contributed by atoms with E-state index in [1.807, 2.05) is 11.8 Å². The van der Waals surface area contributed by atoms with Gasteiger partial charge in [0.1, 0.15) is 23.0 Å². The summed E-state index contributed by atoms with van der Waals surface area (Å²) in [6.07, 6.45) is 4.27. The number of piperazine rings is 1. The second-order valence-corrected chi connectivity index (χ2v) is 9.47. The first-order valence-electron chi connectivity index (χ1n) is 10.7. The molecule has 2 aliphatic rings. The van der Waals surface area contributed by atoms with Crippen LogP contribution in [0.25, 0.3) is 10.2 Å². The van der Waals surface area contributed by atoms with Gasteiger partial charge in [0, 0.05) is 44.1 Å².